The van der Waals surface area contributed by atoms with Crippen LogP contribution in [0.2, 0.25) is 0 Å². The predicted octanol–water partition coefficient (Wildman–Crippen LogP) is 3.13. The highest BCUT2D eigenvalue weighted by atomic mass is 127. The molecule has 1 atom stereocenters. The lowest BCUT2D eigenvalue weighted by Crippen LogP contribution is -2.46. The number of aliphatic imine (C=N–C) groups is 1. The first-order valence-electron chi connectivity index (χ1n) is 11.7. The van der Waals surface area contributed by atoms with Gasteiger partial charge in [-0.2, -0.15) is 0 Å². The van der Waals surface area contributed by atoms with Crippen molar-refractivity contribution >= 4 is 35.6 Å². The van der Waals surface area contributed by atoms with E-state index in [0.717, 1.165) is 63.9 Å². The number of rotatable bonds is 8. The lowest BCUT2D eigenvalue weighted by atomic mass is 10.1. The summed E-state index contributed by atoms with van der Waals surface area (Å²) in [5.74, 6) is 0.663. The molecule has 2 saturated heterocycles. The molecule has 2 fully saturated rings. The number of hydrogen-bond acceptors (Lipinski definition) is 4. The molecule has 0 amide bonds. The van der Waals surface area contributed by atoms with Crippen LogP contribution in [0.4, 0.5) is 10.1 Å². The molecule has 2 aliphatic rings. The number of likely N-dealkylation sites (tertiary alicyclic amines) is 1. The maximum atomic E-state index is 14.8. The van der Waals surface area contributed by atoms with Crippen molar-refractivity contribution in [2.45, 2.75) is 46.2 Å². The van der Waals surface area contributed by atoms with Gasteiger partial charge in [0.05, 0.1) is 12.2 Å². The summed E-state index contributed by atoms with van der Waals surface area (Å²) in [6, 6.07) is 6.14. The van der Waals surface area contributed by atoms with Crippen molar-refractivity contribution in [3.8, 4) is 0 Å². The first kappa shape index (κ1) is 26.1. The van der Waals surface area contributed by atoms with Gasteiger partial charge in [-0.05, 0) is 57.1 Å². The highest BCUT2D eigenvalue weighted by Gasteiger charge is 2.23. The van der Waals surface area contributed by atoms with E-state index >= 15 is 0 Å². The Bertz CT molecular complexity index is 693. The van der Waals surface area contributed by atoms with Crippen molar-refractivity contribution < 1.29 is 4.39 Å². The first-order chi connectivity index (χ1) is 14.6. The minimum atomic E-state index is -0.143. The van der Waals surface area contributed by atoms with E-state index in [0.29, 0.717) is 18.3 Å². The zero-order valence-electron chi connectivity index (χ0n) is 19.4. The fourth-order valence-electron chi connectivity index (χ4n) is 4.48. The van der Waals surface area contributed by atoms with Gasteiger partial charge in [-0.15, -0.1) is 24.0 Å². The largest absolute Gasteiger partial charge is 0.367 e. The number of likely N-dealkylation sites (N-methyl/N-ethyl adjacent to an activating group) is 2. The number of benzene rings is 1. The fourth-order valence-corrected chi connectivity index (χ4v) is 4.48. The molecule has 0 aliphatic carbocycles. The predicted molar refractivity (Wildman–Crippen MR) is 139 cm³/mol. The zero-order valence-corrected chi connectivity index (χ0v) is 21.7. The molecule has 8 heteroatoms. The van der Waals surface area contributed by atoms with Crippen molar-refractivity contribution in [1.82, 2.24) is 20.4 Å². The maximum Gasteiger partial charge on any atom is 0.191 e. The fraction of sp³-hybridized carbons (Fsp3) is 0.696. The van der Waals surface area contributed by atoms with Crippen molar-refractivity contribution in [3.05, 3.63) is 29.6 Å². The Balaban J connectivity index is 0.00000341. The number of guanidine groups is 1. The van der Waals surface area contributed by atoms with Crippen LogP contribution in [0.1, 0.15) is 39.2 Å². The monoisotopic (exact) mass is 546 g/mol. The summed E-state index contributed by atoms with van der Waals surface area (Å²) < 4.78 is 14.8. The van der Waals surface area contributed by atoms with Crippen LogP contribution in [0.15, 0.2) is 23.2 Å². The van der Waals surface area contributed by atoms with Crippen LogP contribution >= 0.6 is 24.0 Å². The third-order valence-corrected chi connectivity index (χ3v) is 6.35. The van der Waals surface area contributed by atoms with Crippen LogP contribution in [-0.2, 0) is 6.54 Å². The van der Waals surface area contributed by atoms with Gasteiger partial charge in [0, 0.05) is 45.3 Å². The van der Waals surface area contributed by atoms with Crippen molar-refractivity contribution in [2.24, 2.45) is 4.99 Å². The second-order valence-corrected chi connectivity index (χ2v) is 8.21. The molecule has 2 aliphatic heterocycles. The van der Waals surface area contributed by atoms with Crippen LogP contribution in [0.3, 0.4) is 0 Å². The van der Waals surface area contributed by atoms with Crippen LogP contribution < -0.4 is 15.5 Å². The zero-order chi connectivity index (χ0) is 21.3. The smallest absolute Gasteiger partial charge is 0.191 e. The summed E-state index contributed by atoms with van der Waals surface area (Å²) in [4.78, 5) is 11.8. The molecule has 0 spiro atoms. The van der Waals surface area contributed by atoms with E-state index < -0.39 is 0 Å². The molecule has 1 unspecified atom stereocenters. The molecule has 0 aromatic heterocycles. The maximum absolute atomic E-state index is 14.8. The van der Waals surface area contributed by atoms with E-state index in [9.17, 15) is 4.39 Å². The van der Waals surface area contributed by atoms with Crippen LogP contribution in [0, 0.1) is 5.82 Å². The molecule has 0 radical (unpaired) electrons. The highest BCUT2D eigenvalue weighted by molar-refractivity contribution is 14.0. The van der Waals surface area contributed by atoms with Gasteiger partial charge in [0.1, 0.15) is 5.82 Å². The first-order valence-corrected chi connectivity index (χ1v) is 11.7. The third-order valence-electron chi connectivity index (χ3n) is 6.35. The average Bonchev–Trinajstić information content (AvgIpc) is 3.23. The molecule has 0 bridgehead atoms. The molecule has 2 heterocycles. The Morgan fingerprint density at radius 1 is 1.06 bits per heavy atom. The standard InChI is InChI=1S/C23H39FN6.HI/c1-4-25-23(27-18-20-8-7-11-29(20)6-3)26-17-19-9-10-22(21(24)16-19)30-14-12-28(5-2)13-15-30;/h9-10,16,20H,4-8,11-15,17-18H2,1-3H3,(H2,25,26,27);1H. The second-order valence-electron chi connectivity index (χ2n) is 8.21. The molecule has 1 aromatic carbocycles. The van der Waals surface area contributed by atoms with Gasteiger partial charge in [0.25, 0.3) is 0 Å². The number of halogens is 2. The molecule has 31 heavy (non-hydrogen) atoms. The second kappa shape index (κ2) is 13.4. The average molecular weight is 547 g/mol. The molecule has 3 rings (SSSR count). The van der Waals surface area contributed by atoms with Crippen LogP contribution in [-0.4, -0.2) is 80.7 Å². The van der Waals surface area contributed by atoms with E-state index in [4.69, 9.17) is 0 Å². The minimum Gasteiger partial charge on any atom is -0.367 e. The number of nitrogens with one attached hydrogen (secondary N) is 2. The van der Waals surface area contributed by atoms with Gasteiger partial charge in [0.2, 0.25) is 0 Å². The van der Waals surface area contributed by atoms with Gasteiger partial charge in [-0.25, -0.2) is 9.38 Å². The van der Waals surface area contributed by atoms with Crippen molar-refractivity contribution in [1.29, 1.82) is 0 Å². The SMILES string of the molecule is CCNC(=NCc1ccc(N2CCN(CC)CC2)c(F)c1)NCC1CCCN1CC.I. The van der Waals surface area contributed by atoms with Crippen LogP contribution in [0.5, 0.6) is 0 Å². The van der Waals surface area contributed by atoms with Gasteiger partial charge in [-0.1, -0.05) is 19.9 Å². The number of piperazine rings is 1. The Hall–Kier alpha value is -1.13. The van der Waals surface area contributed by atoms with E-state index in [1.54, 1.807) is 6.07 Å². The number of anilines is 1. The molecule has 176 valence electrons. The molecular formula is C23H40FIN6. The lowest BCUT2D eigenvalue weighted by molar-refractivity contribution is 0.267. The lowest BCUT2D eigenvalue weighted by Gasteiger charge is -2.35. The van der Waals surface area contributed by atoms with E-state index in [2.05, 4.69) is 51.1 Å². The van der Waals surface area contributed by atoms with Gasteiger partial charge in [0.15, 0.2) is 5.96 Å². The molecule has 6 nitrogen and oxygen atoms in total. The number of hydrogen-bond donors (Lipinski definition) is 2. The minimum absolute atomic E-state index is 0. The summed E-state index contributed by atoms with van der Waals surface area (Å²) >= 11 is 0. The molecular weight excluding hydrogens is 506 g/mol. The van der Waals surface area contributed by atoms with Gasteiger partial charge >= 0.3 is 0 Å². The topological polar surface area (TPSA) is 46.1 Å². The Kier molecular flexibility index (Phi) is 11.3. The summed E-state index contributed by atoms with van der Waals surface area (Å²) in [5, 5.41) is 6.79. The molecule has 1 aromatic rings. The normalized spacial score (nSPS) is 20.6. The van der Waals surface area contributed by atoms with Gasteiger partial charge in [-0.3, -0.25) is 4.90 Å². The quantitative estimate of drug-likeness (QED) is 0.298. The summed E-state index contributed by atoms with van der Waals surface area (Å²) in [5.41, 5.74) is 1.61. The Morgan fingerprint density at radius 3 is 2.48 bits per heavy atom. The van der Waals surface area contributed by atoms with Crippen LogP contribution in [0.25, 0.3) is 0 Å². The van der Waals surface area contributed by atoms with Crippen molar-refractivity contribution in [2.75, 3.05) is 63.8 Å². The van der Waals surface area contributed by atoms with E-state index in [-0.39, 0.29) is 29.8 Å². The summed E-state index contributed by atoms with van der Waals surface area (Å²) in [7, 11) is 0. The number of nitrogens with zero attached hydrogens (tertiary/aromatic N) is 4. The third kappa shape index (κ3) is 7.46. The van der Waals surface area contributed by atoms with E-state index in [1.165, 1.54) is 19.4 Å². The molecule has 2 N–H and O–H groups in total. The molecule has 0 saturated carbocycles. The van der Waals surface area contributed by atoms with E-state index in [1.807, 2.05) is 12.1 Å². The summed E-state index contributed by atoms with van der Waals surface area (Å²) in [6.07, 6.45) is 2.51. The Morgan fingerprint density at radius 2 is 1.84 bits per heavy atom. The Labute approximate surface area is 204 Å². The van der Waals surface area contributed by atoms with Gasteiger partial charge < -0.3 is 20.4 Å². The summed E-state index contributed by atoms with van der Waals surface area (Å²) in [6.45, 7) is 15.8. The van der Waals surface area contributed by atoms with Crippen molar-refractivity contribution in [3.63, 3.8) is 0 Å². The highest BCUT2D eigenvalue weighted by Crippen LogP contribution is 2.22.